The van der Waals surface area contributed by atoms with E-state index in [1.807, 2.05) is 10.3 Å². The van der Waals surface area contributed by atoms with Gasteiger partial charge in [0.2, 0.25) is 12.2 Å². The van der Waals surface area contributed by atoms with E-state index in [4.69, 9.17) is 41.8 Å². The summed E-state index contributed by atoms with van der Waals surface area (Å²) in [6, 6.07) is 7.51. The summed E-state index contributed by atoms with van der Waals surface area (Å²) in [5, 5.41) is 3.82. The zero-order valence-electron chi connectivity index (χ0n) is 20.9. The van der Waals surface area contributed by atoms with Gasteiger partial charge in [-0.2, -0.15) is 8.42 Å². The molecule has 1 aromatic heterocycles. The molecule has 3 aromatic rings. The van der Waals surface area contributed by atoms with Gasteiger partial charge in [-0.3, -0.25) is 4.79 Å². The topological polar surface area (TPSA) is 95.0 Å². The first-order chi connectivity index (χ1) is 18.6. The van der Waals surface area contributed by atoms with Crippen LogP contribution in [0.5, 0.6) is 5.75 Å². The predicted molar refractivity (Wildman–Crippen MR) is 145 cm³/mol. The number of amides is 1. The fraction of sp³-hybridized carbons (Fsp3) is 0.385. The summed E-state index contributed by atoms with van der Waals surface area (Å²) >= 11 is 13.8. The van der Waals surface area contributed by atoms with E-state index in [1.165, 1.54) is 17.4 Å². The van der Waals surface area contributed by atoms with Crippen molar-refractivity contribution in [2.45, 2.75) is 44.7 Å². The normalized spacial score (nSPS) is 18.5. The molecule has 8 nitrogen and oxygen atoms in total. The summed E-state index contributed by atoms with van der Waals surface area (Å²) in [5.41, 5.74) is 1.74. The van der Waals surface area contributed by atoms with Gasteiger partial charge in [-0.05, 0) is 48.7 Å². The van der Waals surface area contributed by atoms with Gasteiger partial charge in [0.25, 0.3) is 0 Å². The number of thiazole rings is 1. The number of piperidine rings is 1. The van der Waals surface area contributed by atoms with Crippen LogP contribution in [-0.2, 0) is 44.0 Å². The van der Waals surface area contributed by atoms with Gasteiger partial charge in [0.05, 0.1) is 30.9 Å². The average Bonchev–Trinajstić information content (AvgIpc) is 3.27. The SMILES string of the molecule is CS(=O)(=O)Oc1ccc(F)c2c1COC(c1csc(C3CCN(C(=O)Cc4cc(Cl)ccc4Cl)CC3)n1)OC2. The van der Waals surface area contributed by atoms with Crippen LogP contribution in [0, 0.1) is 5.82 Å². The highest BCUT2D eigenvalue weighted by molar-refractivity contribution is 7.86. The van der Waals surface area contributed by atoms with E-state index in [-0.39, 0.29) is 48.3 Å². The number of rotatable bonds is 6. The Hall–Kier alpha value is -2.28. The number of halogens is 3. The second kappa shape index (κ2) is 11.7. The van der Waals surface area contributed by atoms with Crippen LogP contribution in [0.4, 0.5) is 4.39 Å². The Bertz CT molecular complexity index is 1490. The highest BCUT2D eigenvalue weighted by Crippen LogP contribution is 2.37. The molecule has 1 unspecified atom stereocenters. The number of fused-ring (bicyclic) bond motifs is 1. The van der Waals surface area contributed by atoms with Crippen molar-refractivity contribution in [3.05, 3.63) is 79.0 Å². The lowest BCUT2D eigenvalue weighted by Crippen LogP contribution is -2.38. The molecule has 2 aliphatic rings. The quantitative estimate of drug-likeness (QED) is 0.332. The zero-order chi connectivity index (χ0) is 27.7. The first-order valence-corrected chi connectivity index (χ1v) is 15.6. The number of nitrogens with zero attached hydrogens (tertiary/aromatic N) is 2. The van der Waals surface area contributed by atoms with Gasteiger partial charge in [-0.25, -0.2) is 9.37 Å². The number of benzene rings is 2. The Kier molecular flexibility index (Phi) is 8.46. The molecular weight excluding hydrogens is 590 g/mol. The van der Waals surface area contributed by atoms with Crippen molar-refractivity contribution in [2.24, 2.45) is 0 Å². The van der Waals surface area contributed by atoms with Crippen LogP contribution in [0.15, 0.2) is 35.7 Å². The lowest BCUT2D eigenvalue weighted by Gasteiger charge is -2.31. The Labute approximate surface area is 239 Å². The second-order valence-corrected chi connectivity index (χ2v) is 12.7. The molecule has 208 valence electrons. The maximum atomic E-state index is 14.5. The minimum absolute atomic E-state index is 0.00344. The van der Waals surface area contributed by atoms with Crippen LogP contribution in [0.2, 0.25) is 10.0 Å². The summed E-state index contributed by atoms with van der Waals surface area (Å²) < 4.78 is 54.4. The van der Waals surface area contributed by atoms with Crippen molar-refractivity contribution in [1.82, 2.24) is 9.88 Å². The van der Waals surface area contributed by atoms with Crippen molar-refractivity contribution < 1.29 is 31.3 Å². The molecule has 0 spiro atoms. The average molecular weight is 616 g/mol. The molecule has 1 fully saturated rings. The van der Waals surface area contributed by atoms with E-state index in [2.05, 4.69) is 0 Å². The first-order valence-electron chi connectivity index (χ1n) is 12.2. The Morgan fingerprint density at radius 2 is 1.87 bits per heavy atom. The molecule has 1 amide bonds. The van der Waals surface area contributed by atoms with E-state index in [1.54, 1.807) is 18.2 Å². The molecule has 0 aliphatic carbocycles. The van der Waals surface area contributed by atoms with Crippen molar-refractivity contribution in [3.63, 3.8) is 0 Å². The monoisotopic (exact) mass is 614 g/mol. The third-order valence-electron chi connectivity index (χ3n) is 6.66. The standard InChI is InChI=1S/C26H25Cl2FN2O6S2/c1-39(33,34)37-23-5-4-21(29)18-12-35-26(36-13-19(18)23)22-14-38-25(30-22)15-6-8-31(9-7-15)24(32)11-16-10-17(27)2-3-20(16)28/h2-5,10,14-15,26H,6-9,11-13H2,1H3. The molecule has 2 aliphatic heterocycles. The fourth-order valence-electron chi connectivity index (χ4n) is 4.66. The van der Waals surface area contributed by atoms with E-state index >= 15 is 0 Å². The second-order valence-electron chi connectivity index (χ2n) is 9.42. The third-order valence-corrected chi connectivity index (χ3v) is 8.77. The number of ether oxygens (including phenoxy) is 2. The van der Waals surface area contributed by atoms with E-state index in [9.17, 15) is 17.6 Å². The van der Waals surface area contributed by atoms with Crippen LogP contribution in [0.25, 0.3) is 0 Å². The summed E-state index contributed by atoms with van der Waals surface area (Å²) in [5.74, 6) is -0.342. The van der Waals surface area contributed by atoms with Crippen LogP contribution in [0.3, 0.4) is 0 Å². The van der Waals surface area contributed by atoms with Crippen LogP contribution in [-0.4, -0.2) is 43.6 Å². The molecular formula is C26H25Cl2FN2O6S2. The van der Waals surface area contributed by atoms with Gasteiger partial charge < -0.3 is 18.6 Å². The molecule has 0 N–H and O–H groups in total. The van der Waals surface area contributed by atoms with E-state index < -0.39 is 22.2 Å². The molecule has 1 atom stereocenters. The zero-order valence-corrected chi connectivity index (χ0v) is 24.0. The van der Waals surface area contributed by atoms with Gasteiger partial charge >= 0.3 is 10.1 Å². The van der Waals surface area contributed by atoms with Crippen molar-refractivity contribution in [3.8, 4) is 5.75 Å². The van der Waals surface area contributed by atoms with Gasteiger partial charge in [-0.1, -0.05) is 23.2 Å². The van der Waals surface area contributed by atoms with Gasteiger partial charge in [0.1, 0.15) is 17.3 Å². The lowest BCUT2D eigenvalue weighted by molar-refractivity contribution is -0.155. The summed E-state index contributed by atoms with van der Waals surface area (Å²) in [4.78, 5) is 19.4. The summed E-state index contributed by atoms with van der Waals surface area (Å²) in [7, 11) is -3.80. The maximum Gasteiger partial charge on any atom is 0.306 e. The summed E-state index contributed by atoms with van der Waals surface area (Å²) in [6.07, 6.45) is 1.79. The van der Waals surface area contributed by atoms with Crippen molar-refractivity contribution >= 4 is 50.6 Å². The molecule has 5 rings (SSSR count). The molecule has 2 aromatic carbocycles. The third kappa shape index (κ3) is 6.72. The Morgan fingerprint density at radius 3 is 2.59 bits per heavy atom. The van der Waals surface area contributed by atoms with Gasteiger partial charge in [0, 0.05) is 45.6 Å². The predicted octanol–water partition coefficient (Wildman–Crippen LogP) is 5.62. The van der Waals surface area contributed by atoms with Gasteiger partial charge in [0.15, 0.2) is 0 Å². The maximum absolute atomic E-state index is 14.5. The van der Waals surface area contributed by atoms with Gasteiger partial charge in [-0.15, -0.1) is 11.3 Å². The Morgan fingerprint density at radius 1 is 1.15 bits per heavy atom. The van der Waals surface area contributed by atoms with Crippen molar-refractivity contribution in [2.75, 3.05) is 19.3 Å². The fourth-order valence-corrected chi connectivity index (χ4v) is 6.51. The van der Waals surface area contributed by atoms with Crippen LogP contribution < -0.4 is 4.18 Å². The molecule has 0 bridgehead atoms. The Balaban J connectivity index is 1.20. The molecule has 3 heterocycles. The molecule has 1 saturated heterocycles. The highest BCUT2D eigenvalue weighted by atomic mass is 35.5. The molecule has 0 saturated carbocycles. The molecule has 0 radical (unpaired) electrons. The summed E-state index contributed by atoms with van der Waals surface area (Å²) in [6.45, 7) is 0.971. The van der Waals surface area contributed by atoms with E-state index in [0.717, 1.165) is 30.2 Å². The number of aromatic nitrogens is 1. The lowest BCUT2D eigenvalue weighted by atomic mass is 9.97. The van der Waals surface area contributed by atoms with Crippen LogP contribution >= 0.6 is 34.5 Å². The first kappa shape index (κ1) is 28.3. The minimum atomic E-state index is -3.80. The highest BCUT2D eigenvalue weighted by Gasteiger charge is 2.29. The number of hydrogen-bond donors (Lipinski definition) is 0. The largest absolute Gasteiger partial charge is 0.382 e. The molecule has 39 heavy (non-hydrogen) atoms. The van der Waals surface area contributed by atoms with Crippen LogP contribution in [0.1, 0.15) is 52.4 Å². The van der Waals surface area contributed by atoms with Crippen molar-refractivity contribution in [1.29, 1.82) is 0 Å². The number of hydrogen-bond acceptors (Lipinski definition) is 8. The smallest absolute Gasteiger partial charge is 0.306 e. The molecule has 13 heteroatoms. The number of carbonyl (C=O) groups excluding carboxylic acids is 1. The number of likely N-dealkylation sites (tertiary alicyclic amines) is 1. The number of carbonyl (C=O) groups is 1. The van der Waals surface area contributed by atoms with E-state index in [0.29, 0.717) is 34.4 Å². The minimum Gasteiger partial charge on any atom is -0.382 e.